The van der Waals surface area contributed by atoms with Crippen LogP contribution in [0.1, 0.15) is 65.1 Å². The topological polar surface area (TPSA) is 47.5 Å². The molecule has 2 aliphatic heterocycles. The first-order valence-corrected chi connectivity index (χ1v) is 17.4. The van der Waals surface area contributed by atoms with E-state index in [1.54, 1.807) is 0 Å². The lowest BCUT2D eigenvalue weighted by Gasteiger charge is -2.39. The first-order chi connectivity index (χ1) is 21.5. The van der Waals surface area contributed by atoms with Crippen molar-refractivity contribution in [3.8, 4) is 0 Å². The molecule has 1 N–H and O–H groups in total. The fraction of sp³-hybridized carbons (Fsp3) is 0.556. The van der Waals surface area contributed by atoms with Crippen LogP contribution >= 0.6 is 23.2 Å². The molecule has 0 saturated carbocycles. The van der Waals surface area contributed by atoms with E-state index in [2.05, 4.69) is 57.8 Å². The summed E-state index contributed by atoms with van der Waals surface area (Å²) in [5.41, 5.74) is 1.28. The van der Waals surface area contributed by atoms with Gasteiger partial charge in [0.25, 0.3) is 0 Å². The van der Waals surface area contributed by atoms with Gasteiger partial charge in [-0.25, -0.2) is 9.97 Å². The van der Waals surface area contributed by atoms with Gasteiger partial charge in [-0.3, -0.25) is 9.80 Å². The number of nitrogens with zero attached hydrogens (tertiary/aromatic N) is 5. The molecule has 1 unspecified atom stereocenters. The molecule has 0 bridgehead atoms. The highest BCUT2D eigenvalue weighted by Gasteiger charge is 2.25. The predicted molar refractivity (Wildman–Crippen MR) is 192 cm³/mol. The molecule has 8 heteroatoms. The highest BCUT2D eigenvalue weighted by atomic mass is 35.5. The molecule has 2 aliphatic rings. The largest absolute Gasteiger partial charge is 0.369 e. The summed E-state index contributed by atoms with van der Waals surface area (Å²) >= 11 is 12.2. The van der Waals surface area contributed by atoms with Gasteiger partial charge in [0.15, 0.2) is 0 Å². The van der Waals surface area contributed by atoms with Crippen molar-refractivity contribution in [1.29, 1.82) is 0 Å². The maximum Gasteiger partial charge on any atom is 0.145 e. The Labute approximate surface area is 276 Å². The first-order valence-electron chi connectivity index (χ1n) is 16.5. The minimum Gasteiger partial charge on any atom is -0.369 e. The summed E-state index contributed by atoms with van der Waals surface area (Å²) < 4.78 is 0. The number of unbranched alkanes of at least 4 members (excludes halogenated alkanes) is 1. The summed E-state index contributed by atoms with van der Waals surface area (Å²) in [6, 6.07) is 0.272. The number of rotatable bonds is 16. The minimum absolute atomic E-state index is 0.272. The Balaban J connectivity index is 1.64. The quantitative estimate of drug-likeness (QED) is 0.131. The normalized spacial score (nSPS) is 19.6. The zero-order valence-corrected chi connectivity index (χ0v) is 28.8. The lowest BCUT2D eigenvalue weighted by atomic mass is 9.99. The smallest absolute Gasteiger partial charge is 0.145 e. The second-order valence-electron chi connectivity index (χ2n) is 11.6. The van der Waals surface area contributed by atoms with Crippen LogP contribution < -0.4 is 15.9 Å². The fourth-order valence-electron chi connectivity index (χ4n) is 5.91. The Morgan fingerprint density at radius 1 is 0.932 bits per heavy atom. The third-order valence-electron chi connectivity index (χ3n) is 8.41. The van der Waals surface area contributed by atoms with E-state index in [0.29, 0.717) is 12.4 Å². The van der Waals surface area contributed by atoms with Gasteiger partial charge in [-0.2, -0.15) is 0 Å². The molecular formula is C36H54Cl2N6. The van der Waals surface area contributed by atoms with Crippen LogP contribution in [0.2, 0.25) is 0 Å². The van der Waals surface area contributed by atoms with Crippen LogP contribution in [0, 0.1) is 0 Å². The molecule has 1 atom stereocenters. The van der Waals surface area contributed by atoms with E-state index >= 15 is 0 Å². The summed E-state index contributed by atoms with van der Waals surface area (Å²) in [6.07, 6.45) is 25.9. The lowest BCUT2D eigenvalue weighted by Crippen LogP contribution is -2.50. The monoisotopic (exact) mass is 640 g/mol. The van der Waals surface area contributed by atoms with Gasteiger partial charge >= 0.3 is 0 Å². The van der Waals surface area contributed by atoms with Crippen molar-refractivity contribution in [1.82, 2.24) is 24.7 Å². The Morgan fingerprint density at radius 2 is 1.70 bits per heavy atom. The number of hydrogen-bond acceptors (Lipinski definition) is 6. The summed E-state index contributed by atoms with van der Waals surface area (Å²) in [6.45, 7) is 19.5. The number of anilines is 1. The molecule has 0 aliphatic carbocycles. The number of alkyl halides is 1. The third kappa shape index (κ3) is 12.3. The number of likely N-dealkylation sites (tertiary alicyclic amines) is 1. The van der Waals surface area contributed by atoms with Crippen molar-refractivity contribution in [3.05, 3.63) is 75.6 Å². The van der Waals surface area contributed by atoms with Gasteiger partial charge in [0.2, 0.25) is 0 Å². The second-order valence-corrected chi connectivity index (χ2v) is 12.3. The fourth-order valence-corrected chi connectivity index (χ4v) is 6.08. The molecule has 0 radical (unpaired) electrons. The Morgan fingerprint density at radius 3 is 2.39 bits per heavy atom. The Kier molecular flexibility index (Phi) is 17.1. The number of nitrogens with one attached hydrogen (secondary N) is 1. The van der Waals surface area contributed by atoms with Crippen LogP contribution in [0.5, 0.6) is 0 Å². The summed E-state index contributed by atoms with van der Waals surface area (Å²) in [7, 11) is 0. The van der Waals surface area contributed by atoms with E-state index in [-0.39, 0.29) is 6.04 Å². The van der Waals surface area contributed by atoms with E-state index in [1.165, 1.54) is 50.9 Å². The van der Waals surface area contributed by atoms with Crippen molar-refractivity contribution >= 4 is 41.7 Å². The summed E-state index contributed by atoms with van der Waals surface area (Å²) in [5.74, 6) is 2.23. The van der Waals surface area contributed by atoms with Crippen molar-refractivity contribution in [2.24, 2.45) is 0 Å². The molecule has 2 saturated heterocycles. The number of piperidine rings is 1. The van der Waals surface area contributed by atoms with Gasteiger partial charge < -0.3 is 10.2 Å². The Bertz CT molecular complexity index is 1250. The number of hydrogen-bond donors (Lipinski definition) is 1. The molecule has 0 amide bonds. The molecular weight excluding hydrogens is 587 g/mol. The molecule has 242 valence electrons. The molecule has 1 aromatic heterocycles. The van der Waals surface area contributed by atoms with Gasteiger partial charge in [0, 0.05) is 54.9 Å². The molecule has 0 aromatic carbocycles. The van der Waals surface area contributed by atoms with Crippen LogP contribution in [0.25, 0.3) is 12.7 Å². The average molecular weight is 642 g/mol. The molecule has 2 fully saturated rings. The zero-order chi connectivity index (χ0) is 31.6. The van der Waals surface area contributed by atoms with Crippen LogP contribution in [0.4, 0.5) is 5.82 Å². The third-order valence-corrected chi connectivity index (χ3v) is 8.93. The van der Waals surface area contributed by atoms with E-state index in [9.17, 15) is 0 Å². The SMILES string of the molecule is C=c1nc(CN2CCN(C(C/C=C\C(Cl)=C/C)C(/C=C\CCl)=C/C)CC2)nc(NCCCCN2CCCCC2)/c1=C/C=C\C. The van der Waals surface area contributed by atoms with Crippen molar-refractivity contribution in [2.75, 3.05) is 63.6 Å². The van der Waals surface area contributed by atoms with E-state index in [4.69, 9.17) is 33.2 Å². The molecule has 6 nitrogen and oxygen atoms in total. The van der Waals surface area contributed by atoms with Crippen LogP contribution in [0.3, 0.4) is 0 Å². The summed E-state index contributed by atoms with van der Waals surface area (Å²) in [4.78, 5) is 17.5. The number of piperazine rings is 1. The van der Waals surface area contributed by atoms with Crippen LogP contribution in [0.15, 0.2) is 59.2 Å². The van der Waals surface area contributed by atoms with Crippen molar-refractivity contribution in [3.63, 3.8) is 0 Å². The van der Waals surface area contributed by atoms with Crippen molar-refractivity contribution < 1.29 is 0 Å². The average Bonchev–Trinajstić information content (AvgIpc) is 3.04. The molecule has 0 spiro atoms. The molecule has 3 rings (SSSR count). The second kappa shape index (κ2) is 20.7. The standard InChI is InChI=1S/C36H54Cl2N6/c1-5-8-18-33-30(4)40-35(41-36(33)39-21-10-13-24-42-22-11-9-12-23-42)29-43-25-27-44(28-26-43)34(19-14-17-32(38)7-3)31(6-2)16-15-20-37/h5-8,14-18,34H,4,9-13,19-29H2,1-3H3,(H,39,40,41)/b8-5-,16-15-,17-14-,31-6+,32-7+,33-18+. The molecule has 1 aromatic rings. The van der Waals surface area contributed by atoms with E-state index < -0.39 is 0 Å². The van der Waals surface area contributed by atoms with Crippen LogP contribution in [-0.2, 0) is 6.54 Å². The minimum atomic E-state index is 0.272. The van der Waals surface area contributed by atoms with Gasteiger partial charge in [-0.15, -0.1) is 11.6 Å². The lowest BCUT2D eigenvalue weighted by molar-refractivity contribution is 0.103. The van der Waals surface area contributed by atoms with E-state index in [1.807, 2.05) is 44.2 Å². The van der Waals surface area contributed by atoms with Gasteiger partial charge in [-0.1, -0.05) is 67.1 Å². The van der Waals surface area contributed by atoms with Crippen LogP contribution in [-0.4, -0.2) is 88.9 Å². The van der Waals surface area contributed by atoms with E-state index in [0.717, 1.165) is 72.8 Å². The highest BCUT2D eigenvalue weighted by Crippen LogP contribution is 2.20. The maximum atomic E-state index is 6.24. The van der Waals surface area contributed by atoms with Gasteiger partial charge in [0.1, 0.15) is 11.6 Å². The van der Waals surface area contributed by atoms with Gasteiger partial charge in [-0.05, 0) is 90.2 Å². The summed E-state index contributed by atoms with van der Waals surface area (Å²) in [5, 5.41) is 6.14. The number of allylic oxidation sites excluding steroid dienone is 7. The highest BCUT2D eigenvalue weighted by molar-refractivity contribution is 6.31. The molecule has 3 heterocycles. The number of aromatic nitrogens is 2. The predicted octanol–water partition coefficient (Wildman–Crippen LogP) is 6.24. The zero-order valence-electron chi connectivity index (χ0n) is 27.3. The molecule has 44 heavy (non-hydrogen) atoms. The van der Waals surface area contributed by atoms with Crippen molar-refractivity contribution in [2.45, 2.75) is 71.9 Å². The first kappa shape index (κ1) is 36.3. The Hall–Kier alpha value is -2.22. The number of halogens is 2. The van der Waals surface area contributed by atoms with Gasteiger partial charge in [0.05, 0.1) is 11.9 Å². The maximum absolute atomic E-state index is 6.24.